The zero-order chi connectivity index (χ0) is 15.8. The van der Waals surface area contributed by atoms with Crippen molar-refractivity contribution in [1.82, 2.24) is 10.4 Å². The molecule has 0 aliphatic heterocycles. The summed E-state index contributed by atoms with van der Waals surface area (Å²) in [4.78, 5) is 15.7. The van der Waals surface area contributed by atoms with Crippen molar-refractivity contribution in [3.8, 4) is 11.5 Å². The maximum atomic E-state index is 11.7. The third kappa shape index (κ3) is 4.59. The molecule has 1 heterocycles. The van der Waals surface area contributed by atoms with Gasteiger partial charge >= 0.3 is 0 Å². The molecule has 0 radical (unpaired) electrons. The van der Waals surface area contributed by atoms with Gasteiger partial charge in [-0.3, -0.25) is 9.78 Å². The van der Waals surface area contributed by atoms with Crippen LogP contribution in [-0.2, 0) is 4.79 Å². The highest BCUT2D eigenvalue weighted by molar-refractivity contribution is 5.98. The van der Waals surface area contributed by atoms with Gasteiger partial charge < -0.3 is 9.47 Å². The number of hydrazone groups is 1. The number of hydrogen-bond acceptors (Lipinski definition) is 5. The van der Waals surface area contributed by atoms with Crippen LogP contribution in [0.2, 0.25) is 0 Å². The van der Waals surface area contributed by atoms with Crippen molar-refractivity contribution in [3.05, 3.63) is 54.4 Å². The molecule has 6 heteroatoms. The fourth-order valence-corrected chi connectivity index (χ4v) is 1.64. The van der Waals surface area contributed by atoms with Crippen molar-refractivity contribution in [2.45, 2.75) is 6.92 Å². The largest absolute Gasteiger partial charge is 0.497 e. The molecular formula is C16H17N3O3. The first-order valence-corrected chi connectivity index (χ1v) is 6.69. The van der Waals surface area contributed by atoms with Crippen molar-refractivity contribution in [2.75, 3.05) is 13.7 Å². The minimum Gasteiger partial charge on any atom is -0.497 e. The number of pyridine rings is 1. The van der Waals surface area contributed by atoms with Crippen LogP contribution in [0, 0.1) is 0 Å². The van der Waals surface area contributed by atoms with E-state index in [0.717, 1.165) is 11.3 Å². The maximum absolute atomic E-state index is 11.7. The Kier molecular flexibility index (Phi) is 5.48. The van der Waals surface area contributed by atoms with Crippen LogP contribution in [0.15, 0.2) is 53.9 Å². The standard InChI is InChI=1S/C16H17N3O3/c1-12(13-4-3-9-17-10-13)18-19-16(20)11-22-15-7-5-14(21-2)6-8-15/h3-10H,11H2,1-2H3,(H,19,20). The van der Waals surface area contributed by atoms with Crippen molar-refractivity contribution in [1.29, 1.82) is 0 Å². The number of amides is 1. The number of nitrogens with zero attached hydrogens (tertiary/aromatic N) is 2. The van der Waals surface area contributed by atoms with Crippen molar-refractivity contribution < 1.29 is 14.3 Å². The SMILES string of the molecule is COc1ccc(OCC(=O)NN=C(C)c2cccnc2)cc1. The van der Waals surface area contributed by atoms with Crippen molar-refractivity contribution in [3.63, 3.8) is 0 Å². The monoisotopic (exact) mass is 299 g/mol. The fraction of sp³-hybridized carbons (Fsp3) is 0.188. The van der Waals surface area contributed by atoms with E-state index in [1.807, 2.05) is 12.1 Å². The minimum atomic E-state index is -0.334. The van der Waals surface area contributed by atoms with Gasteiger partial charge in [0.2, 0.25) is 0 Å². The van der Waals surface area contributed by atoms with Gasteiger partial charge in [-0.05, 0) is 37.3 Å². The van der Waals surface area contributed by atoms with E-state index in [9.17, 15) is 4.79 Å². The Morgan fingerprint density at radius 3 is 2.59 bits per heavy atom. The topological polar surface area (TPSA) is 72.8 Å². The number of carbonyl (C=O) groups excluding carboxylic acids is 1. The summed E-state index contributed by atoms with van der Waals surface area (Å²) in [5, 5.41) is 4.01. The molecule has 0 saturated heterocycles. The van der Waals surface area contributed by atoms with Crippen LogP contribution in [0.1, 0.15) is 12.5 Å². The summed E-state index contributed by atoms with van der Waals surface area (Å²) in [5.41, 5.74) is 3.96. The lowest BCUT2D eigenvalue weighted by Crippen LogP contribution is -2.25. The fourth-order valence-electron chi connectivity index (χ4n) is 1.64. The Balaban J connectivity index is 1.82. The second-order valence-corrected chi connectivity index (χ2v) is 4.44. The number of rotatable bonds is 6. The van der Waals surface area contributed by atoms with E-state index < -0.39 is 0 Å². The van der Waals surface area contributed by atoms with E-state index in [0.29, 0.717) is 11.5 Å². The van der Waals surface area contributed by atoms with Crippen LogP contribution in [-0.4, -0.2) is 30.3 Å². The zero-order valence-electron chi connectivity index (χ0n) is 12.4. The van der Waals surface area contributed by atoms with Crippen LogP contribution in [0.4, 0.5) is 0 Å². The van der Waals surface area contributed by atoms with Crippen LogP contribution in [0.5, 0.6) is 11.5 Å². The van der Waals surface area contributed by atoms with Gasteiger partial charge in [0.05, 0.1) is 12.8 Å². The normalized spacial score (nSPS) is 10.9. The molecule has 22 heavy (non-hydrogen) atoms. The molecule has 0 spiro atoms. The summed E-state index contributed by atoms with van der Waals surface area (Å²) >= 11 is 0. The second-order valence-electron chi connectivity index (χ2n) is 4.44. The maximum Gasteiger partial charge on any atom is 0.277 e. The molecular weight excluding hydrogens is 282 g/mol. The van der Waals surface area contributed by atoms with Gasteiger partial charge in [-0.15, -0.1) is 0 Å². The predicted octanol–water partition coefficient (Wildman–Crippen LogP) is 2.01. The Hall–Kier alpha value is -2.89. The van der Waals surface area contributed by atoms with E-state index in [4.69, 9.17) is 9.47 Å². The molecule has 1 N–H and O–H groups in total. The number of ether oxygens (including phenoxy) is 2. The lowest BCUT2D eigenvalue weighted by Gasteiger charge is -2.06. The number of hydrogen-bond donors (Lipinski definition) is 1. The summed E-state index contributed by atoms with van der Waals surface area (Å²) in [5.74, 6) is 0.983. The molecule has 114 valence electrons. The lowest BCUT2D eigenvalue weighted by molar-refractivity contribution is -0.123. The van der Waals surface area contributed by atoms with Gasteiger partial charge in [-0.1, -0.05) is 6.07 Å². The van der Waals surface area contributed by atoms with Crippen LogP contribution in [0.25, 0.3) is 0 Å². The molecule has 1 aromatic heterocycles. The van der Waals surface area contributed by atoms with Crippen molar-refractivity contribution in [2.24, 2.45) is 5.10 Å². The molecule has 6 nitrogen and oxygen atoms in total. The summed E-state index contributed by atoms with van der Waals surface area (Å²) in [6.45, 7) is 1.68. The average Bonchev–Trinajstić information content (AvgIpc) is 2.59. The Bertz CT molecular complexity index is 639. The number of carbonyl (C=O) groups is 1. The van der Waals surface area contributed by atoms with Gasteiger partial charge in [0.15, 0.2) is 6.61 Å². The minimum absolute atomic E-state index is 0.115. The second kappa shape index (κ2) is 7.78. The number of methoxy groups -OCH3 is 1. The smallest absolute Gasteiger partial charge is 0.277 e. The molecule has 1 aromatic carbocycles. The zero-order valence-corrected chi connectivity index (χ0v) is 12.4. The van der Waals surface area contributed by atoms with Crippen LogP contribution >= 0.6 is 0 Å². The van der Waals surface area contributed by atoms with Crippen LogP contribution in [0.3, 0.4) is 0 Å². The van der Waals surface area contributed by atoms with E-state index in [2.05, 4.69) is 15.5 Å². The predicted molar refractivity (Wildman–Crippen MR) is 83.1 cm³/mol. The molecule has 2 rings (SSSR count). The molecule has 1 amide bonds. The highest BCUT2D eigenvalue weighted by atomic mass is 16.5. The number of aromatic nitrogens is 1. The summed E-state index contributed by atoms with van der Waals surface area (Å²) in [7, 11) is 1.59. The van der Waals surface area contributed by atoms with E-state index in [-0.39, 0.29) is 12.5 Å². The summed E-state index contributed by atoms with van der Waals surface area (Å²) in [6, 6.07) is 10.7. The van der Waals surface area contributed by atoms with Crippen molar-refractivity contribution >= 4 is 11.6 Å². The van der Waals surface area contributed by atoms with E-state index in [1.165, 1.54) is 0 Å². The molecule has 0 unspecified atom stereocenters. The van der Waals surface area contributed by atoms with Gasteiger partial charge in [0.1, 0.15) is 11.5 Å². The van der Waals surface area contributed by atoms with Gasteiger partial charge in [-0.25, -0.2) is 5.43 Å². The lowest BCUT2D eigenvalue weighted by atomic mass is 10.2. The van der Waals surface area contributed by atoms with Gasteiger partial charge in [-0.2, -0.15) is 5.10 Å². The number of benzene rings is 1. The Labute approximate surface area is 128 Å². The quantitative estimate of drug-likeness (QED) is 0.654. The number of nitrogens with one attached hydrogen (secondary N) is 1. The highest BCUT2D eigenvalue weighted by Crippen LogP contribution is 2.16. The average molecular weight is 299 g/mol. The third-order valence-electron chi connectivity index (χ3n) is 2.86. The summed E-state index contributed by atoms with van der Waals surface area (Å²) < 4.78 is 10.4. The molecule has 2 aromatic rings. The molecule has 0 bridgehead atoms. The first-order valence-electron chi connectivity index (χ1n) is 6.69. The van der Waals surface area contributed by atoms with E-state index in [1.54, 1.807) is 50.7 Å². The Morgan fingerprint density at radius 2 is 1.95 bits per heavy atom. The Morgan fingerprint density at radius 1 is 1.23 bits per heavy atom. The molecule has 0 saturated carbocycles. The molecule has 0 aliphatic rings. The molecule has 0 aliphatic carbocycles. The molecule has 0 atom stereocenters. The summed E-state index contributed by atoms with van der Waals surface area (Å²) in [6.07, 6.45) is 3.36. The molecule has 0 fully saturated rings. The van der Waals surface area contributed by atoms with E-state index >= 15 is 0 Å². The first kappa shape index (κ1) is 15.5. The van der Waals surface area contributed by atoms with Crippen LogP contribution < -0.4 is 14.9 Å². The third-order valence-corrected chi connectivity index (χ3v) is 2.86. The highest BCUT2D eigenvalue weighted by Gasteiger charge is 2.03. The first-order chi connectivity index (χ1) is 10.7. The van der Waals surface area contributed by atoms with Gasteiger partial charge in [0, 0.05) is 18.0 Å². The van der Waals surface area contributed by atoms with Gasteiger partial charge in [0.25, 0.3) is 5.91 Å².